The summed E-state index contributed by atoms with van der Waals surface area (Å²) in [5, 5.41) is 24.1. The second kappa shape index (κ2) is 9.54. The molecule has 4 rings (SSSR count). The lowest BCUT2D eigenvalue weighted by molar-refractivity contribution is 0.0879. The van der Waals surface area contributed by atoms with Crippen LogP contribution in [0.25, 0.3) is 5.69 Å². The van der Waals surface area contributed by atoms with E-state index < -0.39 is 0 Å². The molecule has 0 saturated carbocycles. The maximum absolute atomic E-state index is 13.5. The molecule has 8 nitrogen and oxygen atoms in total. The van der Waals surface area contributed by atoms with Crippen LogP contribution in [-0.4, -0.2) is 44.4 Å². The summed E-state index contributed by atoms with van der Waals surface area (Å²) in [7, 11) is 0. The number of carbonyl (C=O) groups excluding carboxylic acids is 1. The van der Waals surface area contributed by atoms with E-state index >= 15 is 0 Å². The van der Waals surface area contributed by atoms with Crippen LogP contribution in [0.15, 0.2) is 67.1 Å². The largest absolute Gasteiger partial charge is 0.366 e. The number of hydrogen-bond acceptors (Lipinski definition) is 7. The van der Waals surface area contributed by atoms with Crippen molar-refractivity contribution in [1.29, 1.82) is 5.26 Å². The summed E-state index contributed by atoms with van der Waals surface area (Å²) in [6.07, 6.45) is 6.64. The summed E-state index contributed by atoms with van der Waals surface area (Å²) >= 11 is 0. The second-order valence-electron chi connectivity index (χ2n) is 8.02. The number of benzene rings is 1. The Morgan fingerprint density at radius 2 is 2.06 bits per heavy atom. The summed E-state index contributed by atoms with van der Waals surface area (Å²) in [4.78, 5) is 19.3. The molecule has 3 aromatic rings. The number of carbonyl (C=O) groups is 1. The van der Waals surface area contributed by atoms with E-state index in [9.17, 15) is 4.79 Å². The van der Waals surface area contributed by atoms with Gasteiger partial charge in [-0.2, -0.15) is 20.3 Å². The highest BCUT2D eigenvalue weighted by Crippen LogP contribution is 2.29. The topological polar surface area (TPSA) is 109 Å². The van der Waals surface area contributed by atoms with Gasteiger partial charge < -0.3 is 10.6 Å². The maximum atomic E-state index is 13.5. The molecule has 1 aliphatic heterocycles. The van der Waals surface area contributed by atoms with Gasteiger partial charge in [-0.1, -0.05) is 24.3 Å². The monoisotopic (exact) mass is 427 g/mol. The van der Waals surface area contributed by atoms with Crippen LogP contribution >= 0.6 is 0 Å². The molecular formula is C24H25N7O. The van der Waals surface area contributed by atoms with Crippen LogP contribution in [0, 0.1) is 17.2 Å². The van der Waals surface area contributed by atoms with E-state index in [1.165, 1.54) is 4.80 Å². The van der Waals surface area contributed by atoms with Crippen molar-refractivity contribution in [1.82, 2.24) is 25.3 Å². The Bertz CT molecular complexity index is 1150. The van der Waals surface area contributed by atoms with Gasteiger partial charge in [0.05, 0.1) is 35.8 Å². The molecule has 1 fully saturated rings. The lowest BCUT2D eigenvalue weighted by Crippen LogP contribution is -2.51. The van der Waals surface area contributed by atoms with E-state index in [-0.39, 0.29) is 23.8 Å². The first-order valence-corrected chi connectivity index (χ1v) is 10.6. The van der Waals surface area contributed by atoms with Crippen molar-refractivity contribution in [2.75, 3.05) is 11.9 Å². The average Bonchev–Trinajstić information content (AvgIpc) is 3.37. The minimum atomic E-state index is -0.368. The molecule has 1 unspecified atom stereocenters. The highest BCUT2D eigenvalue weighted by Gasteiger charge is 2.35. The van der Waals surface area contributed by atoms with Crippen LogP contribution in [-0.2, 0) is 0 Å². The standard InChI is InChI=1S/C24H25N7O/c1-16(15-27-22-12-18(14-25)8-9-26-22)21-7-6-17(2)30-23(21)24(32)19-4-3-5-20(13-19)31-28-10-11-29-31/h3-5,8-13,17,21,23,30H,1,6-7,15H2,2H3,(H,26,27)/t17-,21-,23?/m1/s1. The van der Waals surface area contributed by atoms with Crippen molar-refractivity contribution in [3.8, 4) is 11.8 Å². The van der Waals surface area contributed by atoms with Crippen molar-refractivity contribution < 1.29 is 4.79 Å². The van der Waals surface area contributed by atoms with Gasteiger partial charge in [-0.15, -0.1) is 0 Å². The Morgan fingerprint density at radius 1 is 1.25 bits per heavy atom. The summed E-state index contributed by atoms with van der Waals surface area (Å²) in [6, 6.07) is 12.7. The van der Waals surface area contributed by atoms with E-state index in [2.05, 4.69) is 45.4 Å². The van der Waals surface area contributed by atoms with E-state index in [4.69, 9.17) is 5.26 Å². The van der Waals surface area contributed by atoms with Crippen LogP contribution in [0.4, 0.5) is 5.82 Å². The van der Waals surface area contributed by atoms with Gasteiger partial charge in [0.25, 0.3) is 0 Å². The molecule has 0 bridgehead atoms. The van der Waals surface area contributed by atoms with E-state index in [0.717, 1.165) is 24.1 Å². The first-order chi connectivity index (χ1) is 15.5. The molecule has 3 atom stereocenters. The third-order valence-electron chi connectivity index (χ3n) is 5.75. The number of nitrogens with one attached hydrogen (secondary N) is 2. The van der Waals surface area contributed by atoms with Gasteiger partial charge in [-0.3, -0.25) is 4.79 Å². The molecule has 32 heavy (non-hydrogen) atoms. The predicted molar refractivity (Wildman–Crippen MR) is 121 cm³/mol. The number of piperidine rings is 1. The second-order valence-corrected chi connectivity index (χ2v) is 8.02. The van der Waals surface area contributed by atoms with Gasteiger partial charge in [0.15, 0.2) is 5.78 Å². The number of pyridine rings is 1. The van der Waals surface area contributed by atoms with Crippen molar-refractivity contribution >= 4 is 11.6 Å². The normalized spacial score (nSPS) is 20.3. The third-order valence-corrected chi connectivity index (χ3v) is 5.75. The third kappa shape index (κ3) is 4.74. The minimum absolute atomic E-state index is 0.0168. The summed E-state index contributed by atoms with van der Waals surface area (Å²) in [5.41, 5.74) is 2.82. The molecule has 1 saturated heterocycles. The molecule has 0 spiro atoms. The number of Topliss-reactive ketones (excluding diaryl/α,β-unsaturated/α-hetero) is 1. The number of nitriles is 1. The molecule has 1 aliphatic rings. The van der Waals surface area contributed by atoms with Gasteiger partial charge >= 0.3 is 0 Å². The van der Waals surface area contributed by atoms with E-state index in [1.807, 2.05) is 24.3 Å². The van der Waals surface area contributed by atoms with Crippen LogP contribution < -0.4 is 10.6 Å². The molecule has 2 aromatic heterocycles. The first-order valence-electron chi connectivity index (χ1n) is 10.6. The quantitative estimate of drug-likeness (QED) is 0.440. The van der Waals surface area contributed by atoms with Crippen LogP contribution in [0.1, 0.15) is 35.7 Å². The fourth-order valence-electron chi connectivity index (χ4n) is 4.04. The molecule has 8 heteroatoms. The first kappa shape index (κ1) is 21.4. The van der Waals surface area contributed by atoms with Crippen LogP contribution in [0.5, 0.6) is 0 Å². The Balaban J connectivity index is 1.50. The van der Waals surface area contributed by atoms with Gasteiger partial charge in [-0.25, -0.2) is 4.98 Å². The highest BCUT2D eigenvalue weighted by molar-refractivity contribution is 6.01. The van der Waals surface area contributed by atoms with E-state index in [0.29, 0.717) is 23.5 Å². The fourth-order valence-corrected chi connectivity index (χ4v) is 4.04. The summed E-state index contributed by atoms with van der Waals surface area (Å²) < 4.78 is 0. The lowest BCUT2D eigenvalue weighted by Gasteiger charge is -2.36. The number of ketones is 1. The Labute approximate surface area is 187 Å². The van der Waals surface area contributed by atoms with Gasteiger partial charge in [0.2, 0.25) is 0 Å². The molecule has 0 radical (unpaired) electrons. The Kier molecular flexibility index (Phi) is 6.38. The van der Waals surface area contributed by atoms with Crippen LogP contribution in [0.3, 0.4) is 0 Å². The zero-order chi connectivity index (χ0) is 22.5. The maximum Gasteiger partial charge on any atom is 0.180 e. The number of aromatic nitrogens is 4. The SMILES string of the molecule is C=C(CNc1cc(C#N)ccn1)[C@H]1CC[C@@H](C)NC1C(=O)c1cccc(-n2nccn2)c1. The molecule has 0 amide bonds. The van der Waals surface area contributed by atoms with Crippen molar-refractivity contribution in [2.45, 2.75) is 31.8 Å². The number of nitrogens with zero attached hydrogens (tertiary/aromatic N) is 5. The fraction of sp³-hybridized carbons (Fsp3) is 0.292. The molecule has 1 aromatic carbocycles. The zero-order valence-corrected chi connectivity index (χ0v) is 17.9. The van der Waals surface area contributed by atoms with Crippen molar-refractivity contribution in [2.24, 2.45) is 5.92 Å². The molecule has 2 N–H and O–H groups in total. The summed E-state index contributed by atoms with van der Waals surface area (Å²) in [6.45, 7) is 6.85. The average molecular weight is 428 g/mol. The van der Waals surface area contributed by atoms with E-state index in [1.54, 1.807) is 30.7 Å². The van der Waals surface area contributed by atoms with Crippen molar-refractivity contribution in [3.63, 3.8) is 0 Å². The van der Waals surface area contributed by atoms with Crippen molar-refractivity contribution in [3.05, 3.63) is 78.3 Å². The smallest absolute Gasteiger partial charge is 0.180 e. The Hall–Kier alpha value is -3.83. The molecule has 3 heterocycles. The minimum Gasteiger partial charge on any atom is -0.366 e. The zero-order valence-electron chi connectivity index (χ0n) is 17.9. The summed E-state index contributed by atoms with van der Waals surface area (Å²) in [5.74, 6) is 0.628. The number of hydrogen-bond donors (Lipinski definition) is 2. The molecular weight excluding hydrogens is 402 g/mol. The highest BCUT2D eigenvalue weighted by atomic mass is 16.1. The van der Waals surface area contributed by atoms with Crippen LogP contribution in [0.2, 0.25) is 0 Å². The molecule has 162 valence electrons. The lowest BCUT2D eigenvalue weighted by atomic mass is 9.79. The predicted octanol–water partition coefficient (Wildman–Crippen LogP) is 3.14. The Morgan fingerprint density at radius 3 is 2.84 bits per heavy atom. The van der Waals surface area contributed by atoms with Gasteiger partial charge in [-0.05, 0) is 44.0 Å². The number of rotatable bonds is 7. The number of anilines is 1. The van der Waals surface area contributed by atoms with Gasteiger partial charge in [0.1, 0.15) is 5.82 Å². The molecule has 0 aliphatic carbocycles. The van der Waals surface area contributed by atoms with Gasteiger partial charge in [0, 0.05) is 30.3 Å².